The van der Waals surface area contributed by atoms with Crippen LogP contribution >= 0.6 is 0 Å². The maximum atomic E-state index is 12.8. The van der Waals surface area contributed by atoms with Crippen molar-refractivity contribution in [3.8, 4) is 23.3 Å². The van der Waals surface area contributed by atoms with Crippen molar-refractivity contribution < 1.29 is 22.6 Å². The van der Waals surface area contributed by atoms with Crippen LogP contribution in [0.4, 0.5) is 0 Å². The van der Waals surface area contributed by atoms with E-state index in [2.05, 4.69) is 11.8 Å². The van der Waals surface area contributed by atoms with Gasteiger partial charge in [0.1, 0.15) is 6.73 Å². The first kappa shape index (κ1) is 24.5. The Morgan fingerprint density at radius 1 is 1.00 bits per heavy atom. The molecule has 2 aromatic rings. The predicted octanol–water partition coefficient (Wildman–Crippen LogP) is 3.80. The molecule has 0 saturated carbocycles. The molecular weight excluding hydrogens is 414 g/mol. The molecule has 0 bridgehead atoms. The first-order chi connectivity index (χ1) is 14.9. The number of hydrogen-bond donors (Lipinski definition) is 0. The zero-order valence-electron chi connectivity index (χ0n) is 18.4. The van der Waals surface area contributed by atoms with E-state index in [1.165, 1.54) is 11.4 Å². The summed E-state index contributed by atoms with van der Waals surface area (Å²) in [5.74, 6) is 7.19. The second-order valence-electron chi connectivity index (χ2n) is 6.80. The Balaban J connectivity index is 1.93. The molecule has 0 heterocycles. The molecule has 0 spiro atoms. The van der Waals surface area contributed by atoms with Gasteiger partial charge in [0, 0.05) is 7.11 Å². The summed E-state index contributed by atoms with van der Waals surface area (Å²) in [6.07, 6.45) is 5.33. The van der Waals surface area contributed by atoms with Crippen LogP contribution in [0.1, 0.15) is 17.5 Å². The quantitative estimate of drug-likeness (QED) is 0.413. The summed E-state index contributed by atoms with van der Waals surface area (Å²) < 4.78 is 42.4. The molecule has 6 nitrogen and oxygen atoms in total. The lowest BCUT2D eigenvalue weighted by Gasteiger charge is -2.18. The number of methoxy groups -OCH3 is 3. The minimum absolute atomic E-state index is 0.0457. The van der Waals surface area contributed by atoms with Crippen molar-refractivity contribution in [1.82, 2.24) is 4.31 Å². The molecule has 0 saturated heterocycles. The molecule has 166 valence electrons. The monoisotopic (exact) mass is 443 g/mol. The van der Waals surface area contributed by atoms with Gasteiger partial charge in [-0.1, -0.05) is 41.7 Å². The van der Waals surface area contributed by atoms with Crippen LogP contribution in [0.5, 0.6) is 11.5 Å². The number of hydrogen-bond acceptors (Lipinski definition) is 5. The fraction of sp³-hybridized carbons (Fsp3) is 0.333. The number of sulfonamides is 1. The topological polar surface area (TPSA) is 65.1 Å². The van der Waals surface area contributed by atoms with Gasteiger partial charge in [0.15, 0.2) is 11.5 Å². The van der Waals surface area contributed by atoms with E-state index in [1.54, 1.807) is 44.6 Å². The van der Waals surface area contributed by atoms with Crippen molar-refractivity contribution in [2.24, 2.45) is 0 Å². The van der Waals surface area contributed by atoms with Crippen LogP contribution in [-0.2, 0) is 21.2 Å². The Morgan fingerprint density at radius 3 is 2.35 bits per heavy atom. The number of nitrogens with zero attached hydrogens (tertiary/aromatic N) is 1. The molecule has 0 N–H and O–H groups in total. The van der Waals surface area contributed by atoms with E-state index in [-0.39, 0.29) is 18.2 Å². The van der Waals surface area contributed by atoms with Gasteiger partial charge in [0.05, 0.1) is 25.7 Å². The molecule has 0 aliphatic carbocycles. The summed E-state index contributed by atoms with van der Waals surface area (Å²) in [6, 6.07) is 12.6. The van der Waals surface area contributed by atoms with Gasteiger partial charge in [-0.05, 0) is 55.7 Å². The molecule has 0 amide bonds. The van der Waals surface area contributed by atoms with E-state index >= 15 is 0 Å². The number of ether oxygens (including phenoxy) is 3. The van der Waals surface area contributed by atoms with Gasteiger partial charge >= 0.3 is 0 Å². The third-order valence-corrected chi connectivity index (χ3v) is 6.32. The number of rotatable bonds is 10. The normalized spacial score (nSPS) is 11.4. The van der Waals surface area contributed by atoms with Crippen LogP contribution in [0.3, 0.4) is 0 Å². The third-order valence-electron chi connectivity index (χ3n) is 4.54. The minimum Gasteiger partial charge on any atom is -0.493 e. The highest BCUT2D eigenvalue weighted by Crippen LogP contribution is 2.28. The van der Waals surface area contributed by atoms with Gasteiger partial charge in [0.25, 0.3) is 0 Å². The number of allylic oxidation sites excluding steroid dienone is 2. The Labute approximate surface area is 185 Å². The molecule has 0 fully saturated rings. The van der Waals surface area contributed by atoms with Crippen molar-refractivity contribution in [3.05, 3.63) is 65.7 Å². The smallest absolute Gasteiger partial charge is 0.245 e. The number of benzene rings is 2. The Hall–Kier alpha value is -2.79. The van der Waals surface area contributed by atoms with Crippen LogP contribution in [-0.4, -0.2) is 47.3 Å². The van der Waals surface area contributed by atoms with E-state index < -0.39 is 10.0 Å². The van der Waals surface area contributed by atoms with E-state index in [0.717, 1.165) is 24.0 Å². The van der Waals surface area contributed by atoms with Crippen LogP contribution in [0.25, 0.3) is 0 Å². The largest absolute Gasteiger partial charge is 0.493 e. The highest BCUT2D eigenvalue weighted by atomic mass is 32.2. The average molecular weight is 444 g/mol. The summed E-state index contributed by atoms with van der Waals surface area (Å²) in [7, 11) is 1.02. The maximum Gasteiger partial charge on any atom is 0.245 e. The van der Waals surface area contributed by atoms with E-state index in [1.807, 2.05) is 31.2 Å². The van der Waals surface area contributed by atoms with Crippen molar-refractivity contribution in [3.63, 3.8) is 0 Å². The lowest BCUT2D eigenvalue weighted by molar-refractivity contribution is 0.124. The van der Waals surface area contributed by atoms with Crippen molar-refractivity contribution in [2.75, 3.05) is 34.6 Å². The van der Waals surface area contributed by atoms with Gasteiger partial charge in [0.2, 0.25) is 10.0 Å². The lowest BCUT2D eigenvalue weighted by Crippen LogP contribution is -2.33. The van der Waals surface area contributed by atoms with E-state index in [9.17, 15) is 8.42 Å². The first-order valence-electron chi connectivity index (χ1n) is 9.82. The van der Waals surface area contributed by atoms with Crippen molar-refractivity contribution in [2.45, 2.75) is 24.7 Å². The van der Waals surface area contributed by atoms with Crippen LogP contribution in [0.15, 0.2) is 59.5 Å². The summed E-state index contributed by atoms with van der Waals surface area (Å²) >= 11 is 0. The molecule has 0 unspecified atom stereocenters. The third kappa shape index (κ3) is 7.14. The standard InChI is InChI=1S/C24H29NO5S/c1-20-11-14-22(15-12-20)31(26,27)25(19-28-2)17-9-7-5-6-8-10-21-13-16-23(29-3)24(18-21)30-4/h5-6,11-16,18H,8,10,17,19H2,1-4H3/b6-5+. The molecule has 2 aromatic carbocycles. The first-order valence-corrected chi connectivity index (χ1v) is 11.3. The summed E-state index contributed by atoms with van der Waals surface area (Å²) in [6.45, 7) is 1.89. The minimum atomic E-state index is -3.67. The van der Waals surface area contributed by atoms with Gasteiger partial charge < -0.3 is 14.2 Å². The Kier molecular flexibility index (Phi) is 9.60. The van der Waals surface area contributed by atoms with Crippen LogP contribution in [0.2, 0.25) is 0 Å². The van der Waals surface area contributed by atoms with E-state index in [4.69, 9.17) is 14.2 Å². The molecule has 0 aliphatic rings. The fourth-order valence-electron chi connectivity index (χ4n) is 2.82. The van der Waals surface area contributed by atoms with Crippen molar-refractivity contribution >= 4 is 10.0 Å². The van der Waals surface area contributed by atoms with Crippen LogP contribution in [0, 0.1) is 18.8 Å². The van der Waals surface area contributed by atoms with Gasteiger partial charge in [-0.3, -0.25) is 0 Å². The molecule has 0 aromatic heterocycles. The molecular formula is C24H29NO5S. The van der Waals surface area contributed by atoms with Crippen LogP contribution < -0.4 is 9.47 Å². The Morgan fingerprint density at radius 2 is 1.71 bits per heavy atom. The average Bonchev–Trinajstić information content (AvgIpc) is 2.77. The van der Waals surface area contributed by atoms with E-state index in [0.29, 0.717) is 11.5 Å². The molecule has 0 atom stereocenters. The summed E-state index contributed by atoms with van der Waals surface area (Å²) in [5, 5.41) is 0. The summed E-state index contributed by atoms with van der Waals surface area (Å²) in [4.78, 5) is 0.224. The van der Waals surface area contributed by atoms with Gasteiger partial charge in [-0.2, -0.15) is 4.31 Å². The zero-order valence-corrected chi connectivity index (χ0v) is 19.2. The lowest BCUT2D eigenvalue weighted by atomic mass is 10.1. The van der Waals surface area contributed by atoms with Gasteiger partial charge in [-0.15, -0.1) is 0 Å². The molecule has 7 heteroatoms. The zero-order chi connectivity index (χ0) is 22.7. The Bertz CT molecular complexity index is 1030. The molecule has 0 radical (unpaired) electrons. The molecule has 2 rings (SSSR count). The maximum absolute atomic E-state index is 12.8. The number of aryl methyl sites for hydroxylation is 2. The highest BCUT2D eigenvalue weighted by molar-refractivity contribution is 7.89. The second-order valence-corrected chi connectivity index (χ2v) is 8.74. The predicted molar refractivity (Wildman–Crippen MR) is 122 cm³/mol. The summed E-state index contributed by atoms with van der Waals surface area (Å²) in [5.41, 5.74) is 2.13. The molecule has 31 heavy (non-hydrogen) atoms. The molecule has 0 aliphatic heterocycles. The SMILES string of the molecule is COCN(CC#C/C=C/CCc1ccc(OC)c(OC)c1)S(=O)(=O)c1ccc(C)cc1. The second kappa shape index (κ2) is 12.2. The van der Waals surface area contributed by atoms with Gasteiger partial charge in [-0.25, -0.2) is 8.42 Å². The van der Waals surface area contributed by atoms with Crippen molar-refractivity contribution in [1.29, 1.82) is 0 Å². The highest BCUT2D eigenvalue weighted by Gasteiger charge is 2.23. The fourth-order valence-corrected chi connectivity index (χ4v) is 4.08.